The smallest absolute Gasteiger partial charge is 0.508 e. The van der Waals surface area contributed by atoms with Crippen molar-refractivity contribution in [2.24, 2.45) is 0 Å². The summed E-state index contributed by atoms with van der Waals surface area (Å²) >= 11 is 0. The molecule has 0 amide bonds. The Balaban J connectivity index is 2.63. The molecule has 0 aromatic heterocycles. The first-order valence-electron chi connectivity index (χ1n) is 5.04. The van der Waals surface area contributed by atoms with Crippen LogP contribution in [0.1, 0.15) is 5.56 Å². The van der Waals surface area contributed by atoms with Crippen molar-refractivity contribution in [3.8, 4) is 5.75 Å². The van der Waals surface area contributed by atoms with E-state index in [0.29, 0.717) is 5.56 Å². The molecule has 0 heterocycles. The summed E-state index contributed by atoms with van der Waals surface area (Å²) in [4.78, 5) is 22.2. The number of nitrogens with one attached hydrogen (secondary N) is 1. The van der Waals surface area contributed by atoms with Crippen molar-refractivity contribution in [2.45, 2.75) is 12.5 Å². The molecule has 1 atom stereocenters. The molecule has 0 fully saturated rings. The van der Waals surface area contributed by atoms with E-state index in [2.05, 4.69) is 9.47 Å². The quantitative estimate of drug-likeness (QED) is 0.411. The lowest BCUT2D eigenvalue weighted by Crippen LogP contribution is -2.38. The monoisotopic (exact) mass is 255 g/mol. The highest BCUT2D eigenvalue weighted by Gasteiger charge is 2.22. The average Bonchev–Trinajstić information content (AvgIpc) is 2.37. The topological polar surface area (TPSA) is 105 Å². The molecule has 1 aromatic rings. The number of phenolic OH excluding ortho intramolecular Hbond substituents is 1. The van der Waals surface area contributed by atoms with Crippen LogP contribution in [0.5, 0.6) is 5.75 Å². The summed E-state index contributed by atoms with van der Waals surface area (Å²) < 4.78 is 8.43. The zero-order valence-corrected chi connectivity index (χ0v) is 9.62. The summed E-state index contributed by atoms with van der Waals surface area (Å²) in [6, 6.07) is 4.93. The highest BCUT2D eigenvalue weighted by molar-refractivity contribution is 5.85. The molecular formula is C11H13NO6. The largest absolute Gasteiger partial charge is 0.515 e. The van der Waals surface area contributed by atoms with Crippen LogP contribution in [-0.4, -0.2) is 35.6 Å². The van der Waals surface area contributed by atoms with Gasteiger partial charge in [-0.05, 0) is 17.7 Å². The van der Waals surface area contributed by atoms with E-state index in [1.165, 1.54) is 12.1 Å². The molecule has 0 aliphatic heterocycles. The minimum Gasteiger partial charge on any atom is -0.508 e. The fraction of sp³-hybridized carbons (Fsp3) is 0.273. The van der Waals surface area contributed by atoms with E-state index in [-0.39, 0.29) is 12.2 Å². The van der Waals surface area contributed by atoms with Crippen molar-refractivity contribution in [1.82, 2.24) is 5.48 Å². The van der Waals surface area contributed by atoms with E-state index in [1.807, 2.05) is 0 Å². The highest BCUT2D eigenvalue weighted by atomic mass is 16.7. The van der Waals surface area contributed by atoms with Crippen LogP contribution in [0, 0.1) is 0 Å². The number of hydrogen-bond donors (Lipinski definition) is 3. The van der Waals surface area contributed by atoms with Gasteiger partial charge >= 0.3 is 12.1 Å². The van der Waals surface area contributed by atoms with Crippen molar-refractivity contribution in [3.05, 3.63) is 29.8 Å². The first-order valence-corrected chi connectivity index (χ1v) is 5.04. The molecule has 18 heavy (non-hydrogen) atoms. The maximum atomic E-state index is 11.4. The van der Waals surface area contributed by atoms with Gasteiger partial charge in [0, 0.05) is 6.42 Å². The van der Waals surface area contributed by atoms with Gasteiger partial charge in [-0.25, -0.2) is 9.59 Å². The van der Waals surface area contributed by atoms with E-state index in [9.17, 15) is 9.59 Å². The molecule has 7 nitrogen and oxygen atoms in total. The van der Waals surface area contributed by atoms with Crippen molar-refractivity contribution < 1.29 is 29.4 Å². The summed E-state index contributed by atoms with van der Waals surface area (Å²) in [5, 5.41) is 17.9. The second kappa shape index (κ2) is 6.58. The van der Waals surface area contributed by atoms with Crippen LogP contribution in [-0.2, 0) is 20.7 Å². The molecule has 1 unspecified atom stereocenters. The van der Waals surface area contributed by atoms with Gasteiger partial charge in [0.25, 0.3) is 0 Å². The van der Waals surface area contributed by atoms with E-state index in [0.717, 1.165) is 7.11 Å². The van der Waals surface area contributed by atoms with Crippen molar-refractivity contribution in [1.29, 1.82) is 0 Å². The lowest BCUT2D eigenvalue weighted by atomic mass is 10.1. The van der Waals surface area contributed by atoms with Crippen molar-refractivity contribution >= 4 is 12.1 Å². The average molecular weight is 255 g/mol. The third kappa shape index (κ3) is 4.04. The number of esters is 1. The van der Waals surface area contributed by atoms with E-state index < -0.39 is 18.2 Å². The Hall–Kier alpha value is -2.12. The first-order chi connectivity index (χ1) is 8.56. The normalized spacial score (nSPS) is 11.7. The minimum absolute atomic E-state index is 0.0874. The van der Waals surface area contributed by atoms with Gasteiger partial charge in [0.05, 0.1) is 7.11 Å². The molecule has 0 spiro atoms. The molecule has 0 saturated heterocycles. The van der Waals surface area contributed by atoms with Crippen LogP contribution in [0.15, 0.2) is 24.3 Å². The number of hydroxylamine groups is 1. The second-order valence-electron chi connectivity index (χ2n) is 3.43. The van der Waals surface area contributed by atoms with Gasteiger partial charge in [-0.15, -0.1) is 0 Å². The molecule has 0 saturated carbocycles. The van der Waals surface area contributed by atoms with Gasteiger partial charge < -0.3 is 19.8 Å². The Bertz CT molecular complexity index is 416. The van der Waals surface area contributed by atoms with Crippen LogP contribution in [0.2, 0.25) is 0 Å². The first kappa shape index (κ1) is 13.9. The Kier molecular flexibility index (Phi) is 5.09. The maximum absolute atomic E-state index is 11.4. The van der Waals surface area contributed by atoms with Gasteiger partial charge in [0.1, 0.15) is 11.8 Å². The summed E-state index contributed by atoms with van der Waals surface area (Å²) in [6.45, 7) is 0. The molecule has 0 aliphatic rings. The molecule has 3 N–H and O–H groups in total. The van der Waals surface area contributed by atoms with Gasteiger partial charge in [0.2, 0.25) is 0 Å². The number of rotatable bonds is 4. The Morgan fingerprint density at radius 1 is 1.33 bits per heavy atom. The number of benzene rings is 1. The number of methoxy groups -OCH3 is 1. The second-order valence-corrected chi connectivity index (χ2v) is 3.43. The van der Waals surface area contributed by atoms with Gasteiger partial charge in [-0.1, -0.05) is 12.1 Å². The fourth-order valence-electron chi connectivity index (χ4n) is 1.24. The SMILES string of the molecule is COC(=O)OC(=O)C(Cc1ccc(O)cc1)NO. The highest BCUT2D eigenvalue weighted by Crippen LogP contribution is 2.11. The van der Waals surface area contributed by atoms with E-state index in [4.69, 9.17) is 10.3 Å². The zero-order valence-electron chi connectivity index (χ0n) is 9.62. The van der Waals surface area contributed by atoms with Crippen LogP contribution in [0.3, 0.4) is 0 Å². The molecular weight excluding hydrogens is 242 g/mol. The molecule has 1 rings (SSSR count). The van der Waals surface area contributed by atoms with Crippen LogP contribution >= 0.6 is 0 Å². The van der Waals surface area contributed by atoms with Crippen LogP contribution < -0.4 is 5.48 Å². The summed E-state index contributed by atoms with van der Waals surface area (Å²) in [5.41, 5.74) is 2.42. The molecule has 1 aromatic carbocycles. The molecule has 0 aliphatic carbocycles. The molecule has 0 bridgehead atoms. The lowest BCUT2D eigenvalue weighted by molar-refractivity contribution is -0.144. The van der Waals surface area contributed by atoms with Gasteiger partial charge in [-0.3, -0.25) is 0 Å². The molecule has 0 radical (unpaired) electrons. The van der Waals surface area contributed by atoms with Crippen molar-refractivity contribution in [3.63, 3.8) is 0 Å². The number of hydrogen-bond acceptors (Lipinski definition) is 7. The summed E-state index contributed by atoms with van der Waals surface area (Å²) in [7, 11) is 1.07. The molecule has 7 heteroatoms. The predicted molar refractivity (Wildman–Crippen MR) is 59.0 cm³/mol. The van der Waals surface area contributed by atoms with Gasteiger partial charge in [-0.2, -0.15) is 5.48 Å². The predicted octanol–water partition coefficient (Wildman–Crippen LogP) is 0.592. The summed E-state index contributed by atoms with van der Waals surface area (Å²) in [6.07, 6.45) is -1.06. The Morgan fingerprint density at radius 2 is 1.94 bits per heavy atom. The van der Waals surface area contributed by atoms with E-state index >= 15 is 0 Å². The number of ether oxygens (including phenoxy) is 2. The van der Waals surface area contributed by atoms with E-state index in [1.54, 1.807) is 17.6 Å². The number of carbonyl (C=O) groups is 2. The van der Waals surface area contributed by atoms with Crippen molar-refractivity contribution in [2.75, 3.05) is 7.11 Å². The number of aromatic hydroxyl groups is 1. The molecule has 98 valence electrons. The standard InChI is InChI=1S/C11H13NO6/c1-17-11(15)18-10(14)9(12-16)6-7-2-4-8(13)5-3-7/h2-5,9,12-13,16H,6H2,1H3. The lowest BCUT2D eigenvalue weighted by Gasteiger charge is -2.12. The third-order valence-corrected chi connectivity index (χ3v) is 2.17. The van der Waals surface area contributed by atoms with Gasteiger partial charge in [0.15, 0.2) is 0 Å². The maximum Gasteiger partial charge on any atom is 0.515 e. The van der Waals surface area contributed by atoms with Crippen LogP contribution in [0.4, 0.5) is 4.79 Å². The third-order valence-electron chi connectivity index (χ3n) is 2.17. The number of carbonyl (C=O) groups excluding carboxylic acids is 2. The Labute approximate surface area is 103 Å². The fourth-order valence-corrected chi connectivity index (χ4v) is 1.24. The number of phenols is 1. The zero-order chi connectivity index (χ0) is 13.5. The Morgan fingerprint density at radius 3 is 2.44 bits per heavy atom. The minimum atomic E-state index is -1.15. The van der Waals surface area contributed by atoms with Crippen LogP contribution in [0.25, 0.3) is 0 Å². The summed E-state index contributed by atoms with van der Waals surface area (Å²) in [5.74, 6) is -0.873.